The minimum absolute atomic E-state index is 0.0264. The summed E-state index contributed by atoms with van der Waals surface area (Å²) < 4.78 is 4.44. The standard InChI is InChI=1S/C11H17N3O5/c1-19-9(16)5-3-6(10(12)17)14-11(18)7-2-4-8(15)13-7/h6-7H,2-5H2,1H3,(H2,12,17)(H,13,15)(H,14,18)/t6-,7-/m1/s1. The zero-order chi connectivity index (χ0) is 14.4. The minimum Gasteiger partial charge on any atom is -0.469 e. The van der Waals surface area contributed by atoms with Crippen molar-refractivity contribution < 1.29 is 23.9 Å². The quantitative estimate of drug-likeness (QED) is 0.490. The molecule has 2 atom stereocenters. The van der Waals surface area contributed by atoms with Crippen LogP contribution in [0.25, 0.3) is 0 Å². The lowest BCUT2D eigenvalue weighted by atomic mass is 10.1. The number of nitrogens with one attached hydrogen (secondary N) is 2. The summed E-state index contributed by atoms with van der Waals surface area (Å²) in [6.07, 6.45) is 0.699. The number of nitrogens with two attached hydrogens (primary N) is 1. The molecule has 3 amide bonds. The lowest BCUT2D eigenvalue weighted by molar-refractivity contribution is -0.141. The molecule has 1 saturated heterocycles. The van der Waals surface area contributed by atoms with Crippen LogP contribution >= 0.6 is 0 Å². The molecule has 4 N–H and O–H groups in total. The molecule has 0 radical (unpaired) electrons. The largest absolute Gasteiger partial charge is 0.469 e. The molecule has 0 unspecified atom stereocenters. The third kappa shape index (κ3) is 4.57. The highest BCUT2D eigenvalue weighted by Gasteiger charge is 2.29. The second-order valence-corrected chi connectivity index (χ2v) is 4.24. The fraction of sp³-hybridized carbons (Fsp3) is 0.636. The Bertz CT molecular complexity index is 396. The summed E-state index contributed by atoms with van der Waals surface area (Å²) in [7, 11) is 1.23. The minimum atomic E-state index is -0.955. The van der Waals surface area contributed by atoms with Gasteiger partial charge in [-0.05, 0) is 12.8 Å². The van der Waals surface area contributed by atoms with Gasteiger partial charge in [0.15, 0.2) is 0 Å². The van der Waals surface area contributed by atoms with Crippen molar-refractivity contribution in [3.8, 4) is 0 Å². The first-order chi connectivity index (χ1) is 8.93. The average Bonchev–Trinajstić information content (AvgIpc) is 2.80. The van der Waals surface area contributed by atoms with Crippen LogP contribution in [0.5, 0.6) is 0 Å². The Hall–Kier alpha value is -2.12. The van der Waals surface area contributed by atoms with Gasteiger partial charge in [0.05, 0.1) is 7.11 Å². The molecule has 1 aliphatic rings. The van der Waals surface area contributed by atoms with Gasteiger partial charge in [0.25, 0.3) is 0 Å². The highest BCUT2D eigenvalue weighted by Crippen LogP contribution is 2.07. The van der Waals surface area contributed by atoms with Crippen LogP contribution in [-0.2, 0) is 23.9 Å². The van der Waals surface area contributed by atoms with E-state index in [9.17, 15) is 19.2 Å². The van der Waals surface area contributed by atoms with Crippen molar-refractivity contribution in [3.05, 3.63) is 0 Å². The first kappa shape index (κ1) is 14.9. The molecule has 1 fully saturated rings. The lowest BCUT2D eigenvalue weighted by Gasteiger charge is -2.17. The third-order valence-corrected chi connectivity index (χ3v) is 2.84. The molecule has 106 valence electrons. The molecule has 8 heteroatoms. The summed E-state index contributed by atoms with van der Waals surface area (Å²) >= 11 is 0. The SMILES string of the molecule is COC(=O)CC[C@@H](NC(=O)[C@H]1CCC(=O)N1)C(N)=O. The molecule has 8 nitrogen and oxygen atoms in total. The van der Waals surface area contributed by atoms with Crippen LogP contribution in [0.3, 0.4) is 0 Å². The first-order valence-corrected chi connectivity index (χ1v) is 5.90. The topological polar surface area (TPSA) is 128 Å². The van der Waals surface area contributed by atoms with Crippen molar-refractivity contribution in [2.45, 2.75) is 37.8 Å². The Morgan fingerprint density at radius 2 is 2.21 bits per heavy atom. The van der Waals surface area contributed by atoms with Crippen molar-refractivity contribution in [3.63, 3.8) is 0 Å². The second-order valence-electron chi connectivity index (χ2n) is 4.24. The number of rotatable bonds is 6. The number of amides is 3. The molecular formula is C11H17N3O5. The highest BCUT2D eigenvalue weighted by molar-refractivity contribution is 5.93. The number of carbonyl (C=O) groups is 4. The zero-order valence-corrected chi connectivity index (χ0v) is 10.6. The van der Waals surface area contributed by atoms with E-state index in [-0.39, 0.29) is 25.2 Å². The molecule has 0 aromatic heterocycles. The van der Waals surface area contributed by atoms with Crippen molar-refractivity contribution in [2.75, 3.05) is 7.11 Å². The number of esters is 1. The van der Waals surface area contributed by atoms with Crippen molar-refractivity contribution in [1.29, 1.82) is 0 Å². The summed E-state index contributed by atoms with van der Waals surface area (Å²) in [5.74, 6) is -1.90. The molecule has 1 aliphatic heterocycles. The van der Waals surface area contributed by atoms with Gasteiger partial charge in [-0.2, -0.15) is 0 Å². The predicted octanol–water partition coefficient (Wildman–Crippen LogP) is -1.81. The fourth-order valence-electron chi connectivity index (χ4n) is 1.73. The van der Waals surface area contributed by atoms with E-state index in [1.165, 1.54) is 7.11 Å². The van der Waals surface area contributed by atoms with Gasteiger partial charge >= 0.3 is 5.97 Å². The molecule has 19 heavy (non-hydrogen) atoms. The van der Waals surface area contributed by atoms with E-state index in [0.717, 1.165) is 0 Å². The second kappa shape index (κ2) is 6.72. The van der Waals surface area contributed by atoms with E-state index < -0.39 is 29.9 Å². The van der Waals surface area contributed by atoms with Crippen molar-refractivity contribution in [2.24, 2.45) is 5.73 Å². The number of primary amides is 1. The van der Waals surface area contributed by atoms with Crippen LogP contribution in [0.15, 0.2) is 0 Å². The summed E-state index contributed by atoms with van der Waals surface area (Å²) in [6.45, 7) is 0. The summed E-state index contributed by atoms with van der Waals surface area (Å²) in [5, 5.41) is 4.90. The van der Waals surface area contributed by atoms with Gasteiger partial charge in [-0.25, -0.2) is 0 Å². The molecule has 0 bridgehead atoms. The molecule has 0 aliphatic carbocycles. The van der Waals surface area contributed by atoms with E-state index in [0.29, 0.717) is 6.42 Å². The van der Waals surface area contributed by atoms with E-state index in [4.69, 9.17) is 5.73 Å². The lowest BCUT2D eigenvalue weighted by Crippen LogP contribution is -2.50. The number of hydrogen-bond acceptors (Lipinski definition) is 5. The molecule has 0 saturated carbocycles. The van der Waals surface area contributed by atoms with Crippen molar-refractivity contribution >= 4 is 23.7 Å². The van der Waals surface area contributed by atoms with Crippen LogP contribution in [0, 0.1) is 0 Å². The number of hydrogen-bond donors (Lipinski definition) is 3. The maximum absolute atomic E-state index is 11.8. The van der Waals surface area contributed by atoms with Gasteiger partial charge < -0.3 is 21.1 Å². The van der Waals surface area contributed by atoms with Crippen molar-refractivity contribution in [1.82, 2.24) is 10.6 Å². The Balaban J connectivity index is 2.48. The zero-order valence-electron chi connectivity index (χ0n) is 10.6. The monoisotopic (exact) mass is 271 g/mol. The normalized spacial score (nSPS) is 19.4. The van der Waals surface area contributed by atoms with E-state index in [1.807, 2.05) is 0 Å². The number of carbonyl (C=O) groups excluding carboxylic acids is 4. The van der Waals surface area contributed by atoms with Gasteiger partial charge in [-0.15, -0.1) is 0 Å². The fourth-order valence-corrected chi connectivity index (χ4v) is 1.73. The molecular weight excluding hydrogens is 254 g/mol. The predicted molar refractivity (Wildman–Crippen MR) is 63.5 cm³/mol. The van der Waals surface area contributed by atoms with Crippen LogP contribution in [0.4, 0.5) is 0 Å². The van der Waals surface area contributed by atoms with Crippen LogP contribution in [0.2, 0.25) is 0 Å². The van der Waals surface area contributed by atoms with E-state index in [1.54, 1.807) is 0 Å². The average molecular weight is 271 g/mol. The van der Waals surface area contributed by atoms with E-state index in [2.05, 4.69) is 15.4 Å². The van der Waals surface area contributed by atoms with Gasteiger partial charge in [0, 0.05) is 12.8 Å². The summed E-state index contributed by atoms with van der Waals surface area (Å²) in [6, 6.07) is -1.60. The first-order valence-electron chi connectivity index (χ1n) is 5.90. The Labute approximate surface area is 110 Å². The molecule has 0 aromatic carbocycles. The smallest absolute Gasteiger partial charge is 0.305 e. The summed E-state index contributed by atoms with van der Waals surface area (Å²) in [5.41, 5.74) is 5.15. The Morgan fingerprint density at radius 1 is 1.53 bits per heavy atom. The van der Waals surface area contributed by atoms with Crippen LogP contribution in [-0.4, -0.2) is 42.9 Å². The van der Waals surface area contributed by atoms with Crippen LogP contribution < -0.4 is 16.4 Å². The molecule has 1 rings (SSSR count). The summed E-state index contributed by atoms with van der Waals surface area (Å²) in [4.78, 5) is 44.9. The van der Waals surface area contributed by atoms with Crippen LogP contribution in [0.1, 0.15) is 25.7 Å². The van der Waals surface area contributed by atoms with Gasteiger partial charge in [-0.1, -0.05) is 0 Å². The Kier molecular flexibility index (Phi) is 5.28. The number of ether oxygens (including phenoxy) is 1. The highest BCUT2D eigenvalue weighted by atomic mass is 16.5. The third-order valence-electron chi connectivity index (χ3n) is 2.84. The van der Waals surface area contributed by atoms with Gasteiger partial charge in [-0.3, -0.25) is 19.2 Å². The van der Waals surface area contributed by atoms with Gasteiger partial charge in [0.1, 0.15) is 12.1 Å². The van der Waals surface area contributed by atoms with Gasteiger partial charge in [0.2, 0.25) is 17.7 Å². The van der Waals surface area contributed by atoms with E-state index >= 15 is 0 Å². The molecule has 1 heterocycles. The molecule has 0 spiro atoms. The maximum Gasteiger partial charge on any atom is 0.305 e. The maximum atomic E-state index is 11.8. The number of methoxy groups -OCH3 is 1. The Morgan fingerprint density at radius 3 is 2.68 bits per heavy atom. The molecule has 0 aromatic rings.